The van der Waals surface area contributed by atoms with E-state index in [-0.39, 0.29) is 12.2 Å². The Kier molecular flexibility index (Phi) is 5.23. The first kappa shape index (κ1) is 13.3. The Hall–Kier alpha value is -1.81. The van der Waals surface area contributed by atoms with Crippen LogP contribution in [0.4, 0.5) is 0 Å². The van der Waals surface area contributed by atoms with Gasteiger partial charge in [-0.3, -0.25) is 0 Å². The Bertz CT molecular complexity index is 395. The van der Waals surface area contributed by atoms with Gasteiger partial charge in [-0.1, -0.05) is 18.2 Å². The van der Waals surface area contributed by atoms with Crippen LogP contribution in [0.3, 0.4) is 0 Å². The van der Waals surface area contributed by atoms with Crippen LogP contribution in [0, 0.1) is 0 Å². The number of benzene rings is 1. The van der Waals surface area contributed by atoms with Crippen molar-refractivity contribution in [3.05, 3.63) is 41.7 Å². The highest BCUT2D eigenvalue weighted by Crippen LogP contribution is 2.18. The van der Waals surface area contributed by atoms with Gasteiger partial charge < -0.3 is 14.9 Å². The number of carboxylic acid groups (broad SMARTS) is 1. The fourth-order valence-electron chi connectivity index (χ4n) is 1.30. The van der Waals surface area contributed by atoms with Crippen LogP contribution in [-0.4, -0.2) is 22.8 Å². The molecule has 0 spiro atoms. The Morgan fingerprint density at radius 1 is 1.29 bits per heavy atom. The van der Waals surface area contributed by atoms with Crippen molar-refractivity contribution in [3.63, 3.8) is 0 Å². The molecule has 0 atom stereocenters. The third kappa shape index (κ3) is 4.28. The van der Waals surface area contributed by atoms with Crippen molar-refractivity contribution in [2.45, 2.75) is 19.8 Å². The molecule has 1 rings (SSSR count). The molecule has 0 aliphatic rings. The second kappa shape index (κ2) is 6.70. The molecule has 0 radical (unpaired) electrons. The molecule has 0 saturated heterocycles. The molecule has 4 heteroatoms. The molecule has 92 valence electrons. The van der Waals surface area contributed by atoms with E-state index in [1.165, 1.54) is 6.92 Å². The number of carboxylic acids is 1. The van der Waals surface area contributed by atoms with Crippen LogP contribution in [-0.2, 0) is 4.79 Å². The molecular weight excluding hydrogens is 220 g/mol. The fraction of sp³-hybridized carbons (Fsp3) is 0.308. The highest BCUT2D eigenvalue weighted by atomic mass is 16.5. The summed E-state index contributed by atoms with van der Waals surface area (Å²) in [7, 11) is 0. The molecule has 17 heavy (non-hydrogen) atoms. The predicted octanol–water partition coefficient (Wildman–Crippen LogP) is 2.20. The first-order valence-corrected chi connectivity index (χ1v) is 5.42. The zero-order chi connectivity index (χ0) is 12.7. The second-order valence-electron chi connectivity index (χ2n) is 3.60. The first-order chi connectivity index (χ1) is 8.15. The number of aliphatic carboxylic acids is 1. The van der Waals surface area contributed by atoms with Gasteiger partial charge in [-0.25, -0.2) is 4.79 Å². The summed E-state index contributed by atoms with van der Waals surface area (Å²) in [5.41, 5.74) is 0.169. The largest absolute Gasteiger partial charge is 0.478 e. The summed E-state index contributed by atoms with van der Waals surface area (Å²) in [5, 5.41) is 17.7. The average Bonchev–Trinajstić information content (AvgIpc) is 2.34. The normalized spacial score (nSPS) is 11.9. The standard InChI is InChI=1S/C13H16O4/c1-10(13(15)16)12(8-5-9-14)17-11-6-3-2-4-7-11/h2-4,6-7,14H,5,8-9H2,1H3,(H,15,16). The third-order valence-corrected chi connectivity index (χ3v) is 2.29. The van der Waals surface area contributed by atoms with Crippen LogP contribution in [0.2, 0.25) is 0 Å². The number of ether oxygens (including phenoxy) is 1. The van der Waals surface area contributed by atoms with Crippen molar-refractivity contribution in [2.24, 2.45) is 0 Å². The number of carbonyl (C=O) groups is 1. The third-order valence-electron chi connectivity index (χ3n) is 2.29. The van der Waals surface area contributed by atoms with Crippen molar-refractivity contribution in [3.8, 4) is 5.75 Å². The molecule has 0 aliphatic heterocycles. The zero-order valence-electron chi connectivity index (χ0n) is 9.72. The van der Waals surface area contributed by atoms with Crippen molar-refractivity contribution in [1.29, 1.82) is 0 Å². The lowest BCUT2D eigenvalue weighted by Crippen LogP contribution is -2.07. The zero-order valence-corrected chi connectivity index (χ0v) is 9.72. The van der Waals surface area contributed by atoms with E-state index in [1.54, 1.807) is 12.1 Å². The van der Waals surface area contributed by atoms with E-state index in [4.69, 9.17) is 14.9 Å². The van der Waals surface area contributed by atoms with Crippen LogP contribution < -0.4 is 4.74 Å². The number of aliphatic hydroxyl groups is 1. The van der Waals surface area contributed by atoms with Crippen molar-refractivity contribution in [1.82, 2.24) is 0 Å². The van der Waals surface area contributed by atoms with Crippen LogP contribution in [0.5, 0.6) is 5.75 Å². The van der Waals surface area contributed by atoms with Crippen LogP contribution in [0.25, 0.3) is 0 Å². The highest BCUT2D eigenvalue weighted by molar-refractivity contribution is 5.86. The van der Waals surface area contributed by atoms with Crippen LogP contribution >= 0.6 is 0 Å². The van der Waals surface area contributed by atoms with E-state index in [0.717, 1.165) is 0 Å². The van der Waals surface area contributed by atoms with Crippen LogP contribution in [0.15, 0.2) is 41.7 Å². The number of rotatable bonds is 6. The molecule has 0 unspecified atom stereocenters. The van der Waals surface area contributed by atoms with Gasteiger partial charge in [-0.2, -0.15) is 0 Å². The molecule has 0 amide bonds. The summed E-state index contributed by atoms with van der Waals surface area (Å²) >= 11 is 0. The lowest BCUT2D eigenvalue weighted by molar-refractivity contribution is -0.132. The van der Waals surface area contributed by atoms with Gasteiger partial charge in [0.15, 0.2) is 0 Å². The maximum atomic E-state index is 10.9. The van der Waals surface area contributed by atoms with E-state index in [2.05, 4.69) is 0 Å². The molecule has 1 aromatic rings. The molecule has 4 nitrogen and oxygen atoms in total. The maximum absolute atomic E-state index is 10.9. The van der Waals surface area contributed by atoms with Gasteiger partial charge in [0, 0.05) is 13.0 Å². The predicted molar refractivity (Wildman–Crippen MR) is 63.7 cm³/mol. The van der Waals surface area contributed by atoms with E-state index in [1.807, 2.05) is 18.2 Å². The Morgan fingerprint density at radius 3 is 2.47 bits per heavy atom. The number of aliphatic hydroxyl groups excluding tert-OH is 1. The quantitative estimate of drug-likeness (QED) is 0.587. The van der Waals surface area contributed by atoms with Crippen molar-refractivity contribution >= 4 is 5.97 Å². The van der Waals surface area contributed by atoms with Crippen molar-refractivity contribution in [2.75, 3.05) is 6.61 Å². The molecule has 0 bridgehead atoms. The fourth-order valence-corrected chi connectivity index (χ4v) is 1.30. The lowest BCUT2D eigenvalue weighted by Gasteiger charge is -2.11. The minimum absolute atomic E-state index is 0.00848. The van der Waals surface area contributed by atoms with Gasteiger partial charge in [-0.05, 0) is 25.5 Å². The minimum atomic E-state index is -1.01. The van der Waals surface area contributed by atoms with Gasteiger partial charge in [0.1, 0.15) is 11.5 Å². The highest BCUT2D eigenvalue weighted by Gasteiger charge is 2.11. The SMILES string of the molecule is CC(C(=O)O)=C(CCCO)Oc1ccccc1. The summed E-state index contributed by atoms with van der Waals surface area (Å²) < 4.78 is 5.53. The topological polar surface area (TPSA) is 66.8 Å². The summed E-state index contributed by atoms with van der Waals surface area (Å²) in [4.78, 5) is 10.9. The second-order valence-corrected chi connectivity index (χ2v) is 3.60. The average molecular weight is 236 g/mol. The molecule has 1 aromatic carbocycles. The maximum Gasteiger partial charge on any atom is 0.334 e. The Morgan fingerprint density at radius 2 is 1.94 bits per heavy atom. The summed E-state index contributed by atoms with van der Waals surface area (Å²) in [6, 6.07) is 9.00. The minimum Gasteiger partial charge on any atom is -0.478 e. The van der Waals surface area contributed by atoms with Gasteiger partial charge in [0.2, 0.25) is 0 Å². The number of hydrogen-bond donors (Lipinski definition) is 2. The van der Waals surface area contributed by atoms with E-state index < -0.39 is 5.97 Å². The molecule has 0 heterocycles. The molecule has 0 aromatic heterocycles. The molecule has 0 fully saturated rings. The van der Waals surface area contributed by atoms with E-state index in [9.17, 15) is 4.79 Å². The molecular formula is C13H16O4. The number of allylic oxidation sites excluding steroid dienone is 1. The van der Waals surface area contributed by atoms with Gasteiger partial charge >= 0.3 is 5.97 Å². The molecule has 0 saturated carbocycles. The summed E-state index contributed by atoms with van der Waals surface area (Å²) in [5.74, 6) is -0.0207. The lowest BCUT2D eigenvalue weighted by atomic mass is 10.2. The van der Waals surface area contributed by atoms with Gasteiger partial charge in [-0.15, -0.1) is 0 Å². The van der Waals surface area contributed by atoms with Gasteiger partial charge in [0.25, 0.3) is 0 Å². The summed E-state index contributed by atoms with van der Waals surface area (Å²) in [6.07, 6.45) is 0.885. The smallest absolute Gasteiger partial charge is 0.334 e. The van der Waals surface area contributed by atoms with Crippen molar-refractivity contribution < 1.29 is 19.7 Å². The first-order valence-electron chi connectivity index (χ1n) is 5.42. The number of para-hydroxylation sites is 1. The Balaban J connectivity index is 2.85. The van der Waals surface area contributed by atoms with Gasteiger partial charge in [0.05, 0.1) is 5.57 Å². The molecule has 2 N–H and O–H groups in total. The van der Waals surface area contributed by atoms with E-state index >= 15 is 0 Å². The Labute approximate surface area is 100 Å². The number of hydrogen-bond acceptors (Lipinski definition) is 3. The van der Waals surface area contributed by atoms with Crippen LogP contribution in [0.1, 0.15) is 19.8 Å². The summed E-state index contributed by atoms with van der Waals surface area (Å²) in [6.45, 7) is 1.51. The monoisotopic (exact) mass is 236 g/mol. The molecule has 0 aliphatic carbocycles. The van der Waals surface area contributed by atoms with E-state index in [0.29, 0.717) is 24.4 Å².